The standard InChI is InChI=1S/C23H29Cl2N3O4/c1-22(7-8-22)20(30)28-9-5-14(6-10-28)19(29)23(27(2)21(31)32)13-26-12-16(23)15-3-4-17(24)18(25)11-15/h3-4,11,14,16,26H,5-10,12-13H2,1-2H3,(H,31,32)/t16-,23+/m1/s1. The van der Waals surface area contributed by atoms with Crippen LogP contribution >= 0.6 is 23.2 Å². The predicted molar refractivity (Wildman–Crippen MR) is 122 cm³/mol. The van der Waals surface area contributed by atoms with E-state index in [4.69, 9.17) is 23.2 Å². The number of amides is 2. The largest absolute Gasteiger partial charge is 0.465 e. The van der Waals surface area contributed by atoms with E-state index in [1.54, 1.807) is 18.2 Å². The second-order valence-electron chi connectivity index (χ2n) is 9.61. The Morgan fingerprint density at radius 3 is 2.38 bits per heavy atom. The van der Waals surface area contributed by atoms with Gasteiger partial charge in [0.1, 0.15) is 5.54 Å². The van der Waals surface area contributed by atoms with E-state index in [0.29, 0.717) is 42.5 Å². The maximum absolute atomic E-state index is 14.0. The molecule has 0 bridgehead atoms. The van der Waals surface area contributed by atoms with Gasteiger partial charge in [-0.3, -0.25) is 14.5 Å². The van der Waals surface area contributed by atoms with Crippen molar-refractivity contribution in [1.82, 2.24) is 15.1 Å². The lowest BCUT2D eigenvalue weighted by Gasteiger charge is -2.43. The van der Waals surface area contributed by atoms with Crippen LogP contribution in [0.3, 0.4) is 0 Å². The summed E-state index contributed by atoms with van der Waals surface area (Å²) in [7, 11) is 1.46. The summed E-state index contributed by atoms with van der Waals surface area (Å²) >= 11 is 12.3. The molecular weight excluding hydrogens is 453 g/mol. The molecule has 1 aliphatic carbocycles. The fourth-order valence-corrected chi connectivity index (χ4v) is 5.56. The van der Waals surface area contributed by atoms with Gasteiger partial charge in [0, 0.05) is 50.5 Å². The number of carboxylic acid groups (broad SMARTS) is 1. The second kappa shape index (κ2) is 8.50. The molecule has 3 fully saturated rings. The molecule has 2 amide bonds. The van der Waals surface area contributed by atoms with Crippen LogP contribution in [0.15, 0.2) is 18.2 Å². The number of halogens is 2. The monoisotopic (exact) mass is 481 g/mol. The molecule has 1 aromatic carbocycles. The van der Waals surface area contributed by atoms with Gasteiger partial charge in [0.25, 0.3) is 0 Å². The molecule has 32 heavy (non-hydrogen) atoms. The Labute approximate surface area is 198 Å². The minimum atomic E-state index is -1.25. The van der Waals surface area contributed by atoms with Gasteiger partial charge in [0.2, 0.25) is 5.91 Å². The number of carbonyl (C=O) groups excluding carboxylic acids is 2. The van der Waals surface area contributed by atoms with Gasteiger partial charge in [-0.1, -0.05) is 36.2 Å². The molecule has 0 aromatic heterocycles. The lowest BCUT2D eigenvalue weighted by atomic mass is 9.72. The summed E-state index contributed by atoms with van der Waals surface area (Å²) in [4.78, 5) is 41.8. The molecular formula is C23H29Cl2N3O4. The van der Waals surface area contributed by atoms with Crippen LogP contribution in [0.25, 0.3) is 0 Å². The van der Waals surface area contributed by atoms with E-state index in [2.05, 4.69) is 5.32 Å². The Morgan fingerprint density at radius 2 is 1.81 bits per heavy atom. The van der Waals surface area contributed by atoms with Gasteiger partial charge in [0.05, 0.1) is 10.0 Å². The van der Waals surface area contributed by atoms with Crippen LogP contribution in [0.2, 0.25) is 10.0 Å². The minimum absolute atomic E-state index is 0.0896. The summed E-state index contributed by atoms with van der Waals surface area (Å²) in [5.74, 6) is -0.612. The van der Waals surface area contributed by atoms with Gasteiger partial charge in [-0.05, 0) is 43.4 Å². The van der Waals surface area contributed by atoms with Crippen LogP contribution in [0.1, 0.15) is 44.1 Å². The van der Waals surface area contributed by atoms with E-state index < -0.39 is 17.6 Å². The van der Waals surface area contributed by atoms with E-state index in [1.165, 1.54) is 7.05 Å². The summed E-state index contributed by atoms with van der Waals surface area (Å²) in [6.45, 7) is 3.74. The van der Waals surface area contributed by atoms with E-state index in [0.717, 1.165) is 23.3 Å². The second-order valence-corrected chi connectivity index (χ2v) is 10.4. The van der Waals surface area contributed by atoms with Crippen molar-refractivity contribution in [2.24, 2.45) is 11.3 Å². The number of nitrogens with one attached hydrogen (secondary N) is 1. The SMILES string of the molecule is CN(C(=O)O)[C@@]1(C(=O)C2CCN(C(=O)C3(C)CC3)CC2)CNC[C@@H]1c1ccc(Cl)c(Cl)c1. The first-order valence-electron chi connectivity index (χ1n) is 11.1. The average molecular weight is 482 g/mol. The zero-order valence-corrected chi connectivity index (χ0v) is 19.9. The molecule has 1 aromatic rings. The van der Waals surface area contributed by atoms with Gasteiger partial charge >= 0.3 is 6.09 Å². The van der Waals surface area contributed by atoms with Gasteiger partial charge in [-0.15, -0.1) is 0 Å². The molecule has 174 valence electrons. The first-order chi connectivity index (χ1) is 15.1. The fourth-order valence-electron chi connectivity index (χ4n) is 5.25. The Balaban J connectivity index is 1.60. The maximum Gasteiger partial charge on any atom is 0.407 e. The summed E-state index contributed by atoms with van der Waals surface area (Å²) in [5, 5.41) is 13.9. The maximum atomic E-state index is 14.0. The van der Waals surface area contributed by atoms with Crippen LogP contribution in [0.5, 0.6) is 0 Å². The summed E-state index contributed by atoms with van der Waals surface area (Å²) in [6, 6.07) is 5.20. The smallest absolute Gasteiger partial charge is 0.407 e. The topological polar surface area (TPSA) is 90.0 Å². The lowest BCUT2D eigenvalue weighted by Crippen LogP contribution is -2.62. The molecule has 0 spiro atoms. The fraction of sp³-hybridized carbons (Fsp3) is 0.609. The predicted octanol–water partition coefficient (Wildman–Crippen LogP) is 3.64. The highest BCUT2D eigenvalue weighted by Crippen LogP contribution is 2.47. The lowest BCUT2D eigenvalue weighted by molar-refractivity contribution is -0.142. The number of benzene rings is 1. The van der Waals surface area contributed by atoms with Crippen molar-refractivity contribution < 1.29 is 19.5 Å². The van der Waals surface area contributed by atoms with Gasteiger partial charge < -0.3 is 15.3 Å². The molecule has 2 heterocycles. The van der Waals surface area contributed by atoms with Crippen LogP contribution in [0.4, 0.5) is 4.79 Å². The molecule has 4 rings (SSSR count). The highest BCUT2D eigenvalue weighted by Gasteiger charge is 2.56. The molecule has 2 atom stereocenters. The number of likely N-dealkylation sites (N-methyl/N-ethyl adjacent to an activating group) is 1. The van der Waals surface area contributed by atoms with Crippen molar-refractivity contribution in [2.75, 3.05) is 33.2 Å². The zero-order valence-electron chi connectivity index (χ0n) is 18.4. The molecule has 0 radical (unpaired) electrons. The van der Waals surface area contributed by atoms with Crippen molar-refractivity contribution >= 4 is 41.0 Å². The Hall–Kier alpha value is -1.83. The molecule has 2 N–H and O–H groups in total. The molecule has 2 saturated heterocycles. The highest BCUT2D eigenvalue weighted by molar-refractivity contribution is 6.42. The van der Waals surface area contributed by atoms with E-state index in [9.17, 15) is 19.5 Å². The summed E-state index contributed by atoms with van der Waals surface area (Å²) in [6.07, 6.45) is 1.79. The van der Waals surface area contributed by atoms with Crippen molar-refractivity contribution in [1.29, 1.82) is 0 Å². The van der Waals surface area contributed by atoms with Crippen molar-refractivity contribution in [3.63, 3.8) is 0 Å². The third kappa shape index (κ3) is 3.88. The summed E-state index contributed by atoms with van der Waals surface area (Å²) < 4.78 is 0. The number of nitrogens with zero attached hydrogens (tertiary/aromatic N) is 2. The first-order valence-corrected chi connectivity index (χ1v) is 11.8. The Bertz CT molecular complexity index is 943. The van der Waals surface area contributed by atoms with Gasteiger partial charge in [0.15, 0.2) is 5.78 Å². The minimum Gasteiger partial charge on any atom is -0.465 e. The van der Waals surface area contributed by atoms with E-state index in [1.807, 2.05) is 11.8 Å². The molecule has 7 nitrogen and oxygen atoms in total. The highest BCUT2D eigenvalue weighted by atomic mass is 35.5. The van der Waals surface area contributed by atoms with Crippen molar-refractivity contribution in [2.45, 2.75) is 44.1 Å². The van der Waals surface area contributed by atoms with Crippen LogP contribution in [-0.4, -0.2) is 71.5 Å². The van der Waals surface area contributed by atoms with Gasteiger partial charge in [-0.2, -0.15) is 0 Å². The van der Waals surface area contributed by atoms with Crippen molar-refractivity contribution in [3.8, 4) is 0 Å². The average Bonchev–Trinajstić information content (AvgIpc) is 3.38. The molecule has 3 aliphatic rings. The zero-order chi connectivity index (χ0) is 23.3. The first kappa shape index (κ1) is 23.3. The number of rotatable bonds is 5. The quantitative estimate of drug-likeness (QED) is 0.669. The number of hydrogen-bond acceptors (Lipinski definition) is 4. The van der Waals surface area contributed by atoms with Crippen LogP contribution < -0.4 is 5.32 Å². The molecule has 0 unspecified atom stereocenters. The number of piperidine rings is 1. The number of hydrogen-bond donors (Lipinski definition) is 2. The third-order valence-corrected chi connectivity index (χ3v) is 8.39. The van der Waals surface area contributed by atoms with E-state index in [-0.39, 0.29) is 29.6 Å². The molecule has 9 heteroatoms. The Kier molecular flexibility index (Phi) is 6.20. The molecule has 1 saturated carbocycles. The summed E-state index contributed by atoms with van der Waals surface area (Å²) in [5.41, 5.74) is -0.696. The van der Waals surface area contributed by atoms with Crippen LogP contribution in [0, 0.1) is 11.3 Å². The van der Waals surface area contributed by atoms with Crippen molar-refractivity contribution in [3.05, 3.63) is 33.8 Å². The number of likely N-dealkylation sites (tertiary alicyclic amines) is 1. The number of ketones is 1. The Morgan fingerprint density at radius 1 is 1.16 bits per heavy atom. The number of Topliss-reactive ketones (excluding diaryl/α,β-unsaturated/α-hetero) is 1. The van der Waals surface area contributed by atoms with Gasteiger partial charge in [-0.25, -0.2) is 4.79 Å². The number of carbonyl (C=O) groups is 3. The van der Waals surface area contributed by atoms with E-state index >= 15 is 0 Å². The third-order valence-electron chi connectivity index (χ3n) is 7.65. The van der Waals surface area contributed by atoms with Crippen LogP contribution in [-0.2, 0) is 9.59 Å². The normalized spacial score (nSPS) is 27.2. The molecule has 2 aliphatic heterocycles.